The molecular weight excluding hydrogens is 310 g/mol. The average Bonchev–Trinajstić information content (AvgIpc) is 2.61. The molecule has 2 aromatic carbocycles. The Labute approximate surface area is 148 Å². The Hall–Kier alpha value is -2.33. The molecule has 130 valence electrons. The molecule has 0 radical (unpaired) electrons. The van der Waals surface area contributed by atoms with E-state index in [0.717, 1.165) is 36.9 Å². The first kappa shape index (κ1) is 16.2. The molecule has 4 heteroatoms. The van der Waals surface area contributed by atoms with Gasteiger partial charge in [0.25, 0.3) is 0 Å². The fourth-order valence-electron chi connectivity index (χ4n) is 4.03. The van der Waals surface area contributed by atoms with E-state index in [1.807, 2.05) is 24.3 Å². The fraction of sp³-hybridized carbons (Fsp3) is 0.381. The standard InChI is InChI=1S/C21H25N3O/c22-20(15-7-2-1-3-8-15)16-11-12-17(16)21(25)24-19-13-10-14-6-4-5-9-18(14)23-19/h1-9,16-17,19-20,23H,10-13,22H2,(H,24,25)/t16-,17+,19?,20?/m0/s1. The molecule has 0 bridgehead atoms. The molecule has 1 heterocycles. The van der Waals surface area contributed by atoms with E-state index < -0.39 is 0 Å². The first-order chi connectivity index (χ1) is 12.2. The fourth-order valence-corrected chi connectivity index (χ4v) is 4.03. The molecule has 2 aliphatic rings. The van der Waals surface area contributed by atoms with Crippen molar-refractivity contribution in [3.63, 3.8) is 0 Å². The van der Waals surface area contributed by atoms with Gasteiger partial charge >= 0.3 is 0 Å². The first-order valence-corrected chi connectivity index (χ1v) is 9.18. The number of amides is 1. The zero-order valence-electron chi connectivity index (χ0n) is 14.3. The van der Waals surface area contributed by atoms with Crippen molar-refractivity contribution < 1.29 is 4.79 Å². The van der Waals surface area contributed by atoms with Gasteiger partial charge in [-0.05, 0) is 48.8 Å². The largest absolute Gasteiger partial charge is 0.365 e. The van der Waals surface area contributed by atoms with Crippen LogP contribution in [0.2, 0.25) is 0 Å². The second-order valence-electron chi connectivity index (χ2n) is 7.19. The number of carbonyl (C=O) groups excluding carboxylic acids is 1. The molecule has 0 spiro atoms. The minimum absolute atomic E-state index is 0.0107. The summed E-state index contributed by atoms with van der Waals surface area (Å²) in [5, 5.41) is 6.64. The van der Waals surface area contributed by atoms with Crippen LogP contribution >= 0.6 is 0 Å². The zero-order chi connectivity index (χ0) is 17.2. The van der Waals surface area contributed by atoms with Gasteiger partial charge in [0.05, 0.1) is 6.17 Å². The molecule has 2 aromatic rings. The van der Waals surface area contributed by atoms with Crippen molar-refractivity contribution in [3.8, 4) is 0 Å². The van der Waals surface area contributed by atoms with E-state index in [9.17, 15) is 4.79 Å². The third-order valence-electron chi connectivity index (χ3n) is 5.68. The van der Waals surface area contributed by atoms with Gasteiger partial charge < -0.3 is 16.4 Å². The maximum atomic E-state index is 12.7. The lowest BCUT2D eigenvalue weighted by Crippen LogP contribution is -2.50. The second kappa shape index (κ2) is 6.89. The highest BCUT2D eigenvalue weighted by atomic mass is 16.2. The summed E-state index contributed by atoms with van der Waals surface area (Å²) < 4.78 is 0. The lowest BCUT2D eigenvalue weighted by Gasteiger charge is -2.40. The van der Waals surface area contributed by atoms with Crippen molar-refractivity contribution in [3.05, 3.63) is 65.7 Å². The molecule has 4 N–H and O–H groups in total. The lowest BCUT2D eigenvalue weighted by molar-refractivity contribution is -0.131. The summed E-state index contributed by atoms with van der Waals surface area (Å²) in [6.45, 7) is 0. The topological polar surface area (TPSA) is 67.2 Å². The SMILES string of the molecule is NC(c1ccccc1)[C@H]1CC[C@H]1C(=O)NC1CCc2ccccc2N1. The number of nitrogens with two attached hydrogens (primary N) is 1. The summed E-state index contributed by atoms with van der Waals surface area (Å²) in [4.78, 5) is 12.7. The molecule has 2 unspecified atom stereocenters. The number of hydrogen-bond donors (Lipinski definition) is 3. The maximum Gasteiger partial charge on any atom is 0.225 e. The minimum Gasteiger partial charge on any atom is -0.365 e. The highest BCUT2D eigenvalue weighted by Gasteiger charge is 2.41. The summed E-state index contributed by atoms with van der Waals surface area (Å²) in [7, 11) is 0. The monoisotopic (exact) mass is 335 g/mol. The Balaban J connectivity index is 1.37. The summed E-state index contributed by atoms with van der Waals surface area (Å²) in [6, 6.07) is 18.3. The van der Waals surface area contributed by atoms with Crippen molar-refractivity contribution >= 4 is 11.6 Å². The number of rotatable bonds is 4. The number of carbonyl (C=O) groups is 1. The van der Waals surface area contributed by atoms with Crippen molar-refractivity contribution in [2.45, 2.75) is 37.9 Å². The summed E-state index contributed by atoms with van der Waals surface area (Å²) in [5.41, 5.74) is 10.00. The van der Waals surface area contributed by atoms with E-state index in [2.05, 4.69) is 41.0 Å². The van der Waals surface area contributed by atoms with Gasteiger partial charge in [-0.15, -0.1) is 0 Å². The molecule has 0 aromatic heterocycles. The van der Waals surface area contributed by atoms with E-state index in [0.29, 0.717) is 0 Å². The number of aryl methyl sites for hydroxylation is 1. The Morgan fingerprint density at radius 2 is 1.80 bits per heavy atom. The number of para-hydroxylation sites is 1. The molecule has 1 fully saturated rings. The van der Waals surface area contributed by atoms with Crippen LogP contribution in [0.15, 0.2) is 54.6 Å². The number of anilines is 1. The van der Waals surface area contributed by atoms with Crippen LogP contribution in [-0.4, -0.2) is 12.1 Å². The van der Waals surface area contributed by atoms with Crippen molar-refractivity contribution in [2.75, 3.05) is 5.32 Å². The highest BCUT2D eigenvalue weighted by molar-refractivity contribution is 5.80. The molecule has 1 aliphatic heterocycles. The zero-order valence-corrected chi connectivity index (χ0v) is 14.3. The van der Waals surface area contributed by atoms with Gasteiger partial charge in [-0.1, -0.05) is 48.5 Å². The number of benzene rings is 2. The molecule has 1 saturated carbocycles. The quantitative estimate of drug-likeness (QED) is 0.804. The summed E-state index contributed by atoms with van der Waals surface area (Å²) >= 11 is 0. The van der Waals surface area contributed by atoms with Gasteiger partial charge in [0, 0.05) is 17.6 Å². The molecule has 4 rings (SSSR count). The van der Waals surface area contributed by atoms with E-state index in [1.54, 1.807) is 0 Å². The van der Waals surface area contributed by atoms with E-state index in [4.69, 9.17) is 5.73 Å². The third-order valence-corrected chi connectivity index (χ3v) is 5.68. The summed E-state index contributed by atoms with van der Waals surface area (Å²) in [6.07, 6.45) is 3.88. The normalized spacial score (nSPS) is 25.9. The minimum atomic E-state index is -0.0641. The molecule has 4 nitrogen and oxygen atoms in total. The van der Waals surface area contributed by atoms with Crippen LogP contribution in [0.1, 0.15) is 36.4 Å². The summed E-state index contributed by atoms with van der Waals surface area (Å²) in [5.74, 6) is 0.395. The van der Waals surface area contributed by atoms with Crippen LogP contribution < -0.4 is 16.4 Å². The first-order valence-electron chi connectivity index (χ1n) is 9.18. The molecule has 0 saturated heterocycles. The Morgan fingerprint density at radius 3 is 2.56 bits per heavy atom. The number of fused-ring (bicyclic) bond motifs is 1. The smallest absolute Gasteiger partial charge is 0.225 e. The number of hydrogen-bond acceptors (Lipinski definition) is 3. The van der Waals surface area contributed by atoms with Gasteiger partial charge in [0.15, 0.2) is 0 Å². The van der Waals surface area contributed by atoms with Crippen molar-refractivity contribution in [1.82, 2.24) is 5.32 Å². The van der Waals surface area contributed by atoms with Gasteiger partial charge in [-0.2, -0.15) is 0 Å². The van der Waals surface area contributed by atoms with Crippen LogP contribution in [0.25, 0.3) is 0 Å². The molecule has 4 atom stereocenters. The van der Waals surface area contributed by atoms with Crippen LogP contribution in [-0.2, 0) is 11.2 Å². The van der Waals surface area contributed by atoms with Crippen LogP contribution in [0, 0.1) is 11.8 Å². The van der Waals surface area contributed by atoms with E-state index in [1.165, 1.54) is 5.56 Å². The molecule has 1 amide bonds. The van der Waals surface area contributed by atoms with Crippen molar-refractivity contribution in [1.29, 1.82) is 0 Å². The Morgan fingerprint density at radius 1 is 1.04 bits per heavy atom. The predicted octanol–water partition coefficient (Wildman–Crippen LogP) is 3.21. The highest BCUT2D eigenvalue weighted by Crippen LogP contribution is 2.42. The third kappa shape index (κ3) is 3.27. The van der Waals surface area contributed by atoms with Crippen molar-refractivity contribution in [2.24, 2.45) is 17.6 Å². The van der Waals surface area contributed by atoms with Gasteiger partial charge in [0.2, 0.25) is 5.91 Å². The second-order valence-corrected chi connectivity index (χ2v) is 7.19. The Bertz CT molecular complexity index is 746. The van der Waals surface area contributed by atoms with E-state index in [-0.39, 0.29) is 30.0 Å². The number of nitrogens with one attached hydrogen (secondary N) is 2. The Kier molecular flexibility index (Phi) is 4.45. The maximum absolute atomic E-state index is 12.7. The van der Waals surface area contributed by atoms with Gasteiger partial charge in [-0.25, -0.2) is 0 Å². The van der Waals surface area contributed by atoms with Gasteiger partial charge in [-0.3, -0.25) is 4.79 Å². The van der Waals surface area contributed by atoms with Crippen LogP contribution in [0.3, 0.4) is 0 Å². The predicted molar refractivity (Wildman–Crippen MR) is 99.9 cm³/mol. The van der Waals surface area contributed by atoms with E-state index >= 15 is 0 Å². The van der Waals surface area contributed by atoms with Crippen LogP contribution in [0.4, 0.5) is 5.69 Å². The van der Waals surface area contributed by atoms with Crippen LogP contribution in [0.5, 0.6) is 0 Å². The van der Waals surface area contributed by atoms with Gasteiger partial charge in [0.1, 0.15) is 0 Å². The molecule has 25 heavy (non-hydrogen) atoms. The molecular formula is C21H25N3O. The lowest BCUT2D eigenvalue weighted by atomic mass is 9.68. The average molecular weight is 335 g/mol. The molecule has 1 aliphatic carbocycles.